The Hall–Kier alpha value is -0.700. The van der Waals surface area contributed by atoms with Gasteiger partial charge in [0.05, 0.1) is 13.0 Å². The fraction of sp³-hybridized carbons (Fsp3) is 0.750. The molecule has 0 spiro atoms. The van der Waals surface area contributed by atoms with Crippen molar-refractivity contribution in [2.75, 3.05) is 6.54 Å². The van der Waals surface area contributed by atoms with Crippen molar-refractivity contribution in [1.82, 2.24) is 0 Å². The number of rotatable bonds is 5. The Kier molecular flexibility index (Phi) is 4.70. The van der Waals surface area contributed by atoms with Crippen molar-refractivity contribution in [3.8, 4) is 0 Å². The highest BCUT2D eigenvalue weighted by Crippen LogP contribution is 2.02. The van der Waals surface area contributed by atoms with Crippen molar-refractivity contribution in [3.05, 3.63) is 0 Å². The van der Waals surface area contributed by atoms with E-state index >= 15 is 0 Å². The van der Waals surface area contributed by atoms with Gasteiger partial charge < -0.3 is 5.73 Å². The number of Topliss-reactive ketones (excluding diaryl/α,β-unsaturated/α-hetero) is 2. The largest absolute Gasteiger partial charge is 0.324 e. The van der Waals surface area contributed by atoms with E-state index < -0.39 is 0 Å². The fourth-order valence-corrected chi connectivity index (χ4v) is 0.820. The van der Waals surface area contributed by atoms with Gasteiger partial charge in [-0.1, -0.05) is 13.8 Å². The molecule has 0 radical (unpaired) electrons. The quantitative estimate of drug-likeness (QED) is 0.592. The van der Waals surface area contributed by atoms with Crippen LogP contribution in [0.4, 0.5) is 0 Å². The Morgan fingerprint density at radius 3 is 2.18 bits per heavy atom. The molecule has 0 saturated heterocycles. The van der Waals surface area contributed by atoms with E-state index in [1.165, 1.54) is 0 Å². The van der Waals surface area contributed by atoms with Gasteiger partial charge in [0.2, 0.25) is 0 Å². The molecule has 3 nitrogen and oxygen atoms in total. The molecule has 0 aromatic rings. The van der Waals surface area contributed by atoms with Crippen molar-refractivity contribution in [3.63, 3.8) is 0 Å². The van der Waals surface area contributed by atoms with Crippen LogP contribution in [0.5, 0.6) is 0 Å². The lowest BCUT2D eigenvalue weighted by molar-refractivity contribution is -0.126. The lowest BCUT2D eigenvalue weighted by atomic mass is 10.0. The van der Waals surface area contributed by atoms with Crippen molar-refractivity contribution >= 4 is 11.6 Å². The van der Waals surface area contributed by atoms with Crippen LogP contribution >= 0.6 is 0 Å². The van der Waals surface area contributed by atoms with Gasteiger partial charge in [0.15, 0.2) is 5.78 Å². The van der Waals surface area contributed by atoms with Crippen molar-refractivity contribution in [1.29, 1.82) is 0 Å². The first kappa shape index (κ1) is 10.3. The lowest BCUT2D eigenvalue weighted by Crippen LogP contribution is -2.18. The predicted octanol–water partition coefficient (Wildman–Crippen LogP) is 0.520. The molecule has 0 aromatic heterocycles. The van der Waals surface area contributed by atoms with Gasteiger partial charge in [-0.2, -0.15) is 0 Å². The molecule has 0 fully saturated rings. The van der Waals surface area contributed by atoms with Crippen molar-refractivity contribution in [2.24, 2.45) is 11.7 Å². The topological polar surface area (TPSA) is 60.2 Å². The summed E-state index contributed by atoms with van der Waals surface area (Å²) in [7, 11) is 0. The highest BCUT2D eigenvalue weighted by molar-refractivity contribution is 5.99. The Balaban J connectivity index is 3.61. The molecule has 2 N–H and O–H groups in total. The molecule has 0 aliphatic rings. The van der Waals surface area contributed by atoms with E-state index in [1.807, 2.05) is 13.8 Å². The molecule has 0 amide bonds. The Morgan fingerprint density at radius 2 is 1.82 bits per heavy atom. The first-order valence-corrected chi connectivity index (χ1v) is 3.79. The Labute approximate surface area is 67.0 Å². The molecule has 0 rings (SSSR count). The van der Waals surface area contributed by atoms with Crippen LogP contribution in [0.3, 0.4) is 0 Å². The third-order valence-electron chi connectivity index (χ3n) is 1.26. The number of ketones is 2. The third-order valence-corrected chi connectivity index (χ3v) is 1.26. The molecule has 0 atom stereocenters. The van der Waals surface area contributed by atoms with Gasteiger partial charge in [0.25, 0.3) is 0 Å². The molecule has 0 heterocycles. The van der Waals surface area contributed by atoms with Crippen LogP contribution in [0.15, 0.2) is 0 Å². The average Bonchev–Trinajstić information content (AvgIpc) is 1.85. The Morgan fingerprint density at radius 1 is 1.27 bits per heavy atom. The number of hydrogen-bond acceptors (Lipinski definition) is 3. The van der Waals surface area contributed by atoms with Crippen LogP contribution < -0.4 is 5.73 Å². The van der Waals surface area contributed by atoms with Crippen molar-refractivity contribution < 1.29 is 9.59 Å². The zero-order chi connectivity index (χ0) is 8.85. The summed E-state index contributed by atoms with van der Waals surface area (Å²) in [5.41, 5.74) is 5.05. The van der Waals surface area contributed by atoms with Crippen LogP contribution in [-0.4, -0.2) is 18.1 Å². The molecular weight excluding hydrogens is 142 g/mol. The molecule has 0 aliphatic heterocycles. The summed E-state index contributed by atoms with van der Waals surface area (Å²) < 4.78 is 0. The number of hydrogen-bond donors (Lipinski definition) is 1. The molecule has 0 saturated carbocycles. The minimum absolute atomic E-state index is 0.00421. The average molecular weight is 157 g/mol. The summed E-state index contributed by atoms with van der Waals surface area (Å²) in [5, 5.41) is 0. The normalized spacial score (nSPS) is 10.2. The van der Waals surface area contributed by atoms with Crippen LogP contribution in [0.1, 0.15) is 26.7 Å². The molecule has 3 heteroatoms. The standard InChI is InChI=1S/C8H15NO2/c1-6(2)3-7(10)4-8(11)5-9/h6H,3-5,9H2,1-2H3. The summed E-state index contributed by atoms with van der Waals surface area (Å²) in [6, 6.07) is 0. The molecular formula is C8H15NO2. The van der Waals surface area contributed by atoms with Gasteiger partial charge in [-0.25, -0.2) is 0 Å². The van der Waals surface area contributed by atoms with E-state index in [-0.39, 0.29) is 24.5 Å². The minimum Gasteiger partial charge on any atom is -0.324 e. The van der Waals surface area contributed by atoms with Gasteiger partial charge in [0.1, 0.15) is 5.78 Å². The maximum Gasteiger partial charge on any atom is 0.153 e. The van der Waals surface area contributed by atoms with E-state index in [4.69, 9.17) is 5.73 Å². The monoisotopic (exact) mass is 157 g/mol. The summed E-state index contributed by atoms with van der Waals surface area (Å²) in [6.45, 7) is 3.87. The molecule has 0 bridgehead atoms. The van der Waals surface area contributed by atoms with Gasteiger partial charge >= 0.3 is 0 Å². The van der Waals surface area contributed by atoms with Gasteiger partial charge in [-0.3, -0.25) is 9.59 Å². The van der Waals surface area contributed by atoms with E-state index in [0.29, 0.717) is 12.3 Å². The van der Waals surface area contributed by atoms with Gasteiger partial charge in [0, 0.05) is 6.42 Å². The number of nitrogens with two attached hydrogens (primary N) is 1. The van der Waals surface area contributed by atoms with E-state index in [1.54, 1.807) is 0 Å². The second-order valence-corrected chi connectivity index (χ2v) is 3.06. The fourth-order valence-electron chi connectivity index (χ4n) is 0.820. The van der Waals surface area contributed by atoms with E-state index in [2.05, 4.69) is 0 Å². The summed E-state index contributed by atoms with van der Waals surface area (Å²) in [6.07, 6.45) is 0.487. The SMILES string of the molecule is CC(C)CC(=O)CC(=O)CN. The second kappa shape index (κ2) is 5.02. The maximum atomic E-state index is 10.9. The van der Waals surface area contributed by atoms with Crippen LogP contribution in [0.25, 0.3) is 0 Å². The smallest absolute Gasteiger partial charge is 0.153 e. The molecule has 0 aromatic carbocycles. The molecule has 0 aliphatic carbocycles. The van der Waals surface area contributed by atoms with Crippen LogP contribution in [0, 0.1) is 5.92 Å². The predicted molar refractivity (Wildman–Crippen MR) is 43.1 cm³/mol. The molecule has 11 heavy (non-hydrogen) atoms. The number of carbonyl (C=O) groups excluding carboxylic acids is 2. The highest BCUT2D eigenvalue weighted by Gasteiger charge is 2.08. The molecule has 64 valence electrons. The lowest BCUT2D eigenvalue weighted by Gasteiger charge is -2.01. The minimum atomic E-state index is -0.171. The zero-order valence-corrected chi connectivity index (χ0v) is 7.09. The first-order chi connectivity index (χ1) is 5.06. The van der Waals surface area contributed by atoms with Crippen LogP contribution in [-0.2, 0) is 9.59 Å². The van der Waals surface area contributed by atoms with Crippen molar-refractivity contribution in [2.45, 2.75) is 26.7 Å². The summed E-state index contributed by atoms with van der Waals surface area (Å²) in [5.74, 6) is 0.152. The Bertz CT molecular complexity index is 152. The van der Waals surface area contributed by atoms with Gasteiger partial charge in [-0.05, 0) is 5.92 Å². The zero-order valence-electron chi connectivity index (χ0n) is 7.09. The van der Waals surface area contributed by atoms with E-state index in [0.717, 1.165) is 0 Å². The third kappa shape index (κ3) is 5.73. The second-order valence-electron chi connectivity index (χ2n) is 3.06. The van der Waals surface area contributed by atoms with E-state index in [9.17, 15) is 9.59 Å². The first-order valence-electron chi connectivity index (χ1n) is 3.79. The number of carbonyl (C=O) groups is 2. The summed E-state index contributed by atoms with van der Waals surface area (Å²) >= 11 is 0. The highest BCUT2D eigenvalue weighted by atomic mass is 16.1. The van der Waals surface area contributed by atoms with Gasteiger partial charge in [-0.15, -0.1) is 0 Å². The maximum absolute atomic E-state index is 10.9. The molecule has 0 unspecified atom stereocenters. The summed E-state index contributed by atoms with van der Waals surface area (Å²) in [4.78, 5) is 21.6. The van der Waals surface area contributed by atoms with Crippen LogP contribution in [0.2, 0.25) is 0 Å².